The normalized spacial score (nSPS) is 15.9. The summed E-state index contributed by atoms with van der Waals surface area (Å²) in [6.45, 7) is 1.71. The first-order valence-electron chi connectivity index (χ1n) is 9.14. The van der Waals surface area contributed by atoms with Crippen molar-refractivity contribution in [1.29, 1.82) is 0 Å². The van der Waals surface area contributed by atoms with E-state index in [4.69, 9.17) is 0 Å². The first-order valence-corrected chi connectivity index (χ1v) is 10.1. The van der Waals surface area contributed by atoms with E-state index in [1.165, 1.54) is 23.9 Å². The predicted octanol–water partition coefficient (Wildman–Crippen LogP) is 2.85. The summed E-state index contributed by atoms with van der Waals surface area (Å²) in [7, 11) is 0. The van der Waals surface area contributed by atoms with E-state index in [0.717, 1.165) is 30.8 Å². The fourth-order valence-electron chi connectivity index (χ4n) is 3.24. The number of rotatable bonds is 7. The minimum atomic E-state index is -0.496. The zero-order chi connectivity index (χ0) is 19.1. The molecule has 1 heterocycles. The van der Waals surface area contributed by atoms with Gasteiger partial charge in [0.05, 0.1) is 11.8 Å². The van der Waals surface area contributed by atoms with E-state index in [-0.39, 0.29) is 23.4 Å². The Morgan fingerprint density at radius 3 is 2.41 bits per heavy atom. The molecule has 1 unspecified atom stereocenters. The summed E-state index contributed by atoms with van der Waals surface area (Å²) in [5.74, 6) is 0.335. The summed E-state index contributed by atoms with van der Waals surface area (Å²) in [5, 5.41) is 15.6. The molecule has 3 rings (SSSR count). The van der Waals surface area contributed by atoms with Gasteiger partial charge in [0.15, 0.2) is 5.78 Å². The lowest BCUT2D eigenvalue weighted by atomic mass is 9.88. The van der Waals surface area contributed by atoms with Gasteiger partial charge in [-0.2, -0.15) is 0 Å². The Kier molecular flexibility index (Phi) is 6.90. The molecule has 0 radical (unpaired) electrons. The molecule has 1 aliphatic heterocycles. The van der Waals surface area contributed by atoms with Crippen molar-refractivity contribution in [2.45, 2.75) is 23.8 Å². The van der Waals surface area contributed by atoms with Crippen LogP contribution in [0.5, 0.6) is 5.75 Å². The van der Waals surface area contributed by atoms with E-state index in [1.807, 2.05) is 30.3 Å². The summed E-state index contributed by atoms with van der Waals surface area (Å²) >= 11 is 1.50. The van der Waals surface area contributed by atoms with Gasteiger partial charge in [-0.3, -0.25) is 9.59 Å². The summed E-state index contributed by atoms with van der Waals surface area (Å²) in [4.78, 5) is 26.6. The van der Waals surface area contributed by atoms with Gasteiger partial charge in [-0.05, 0) is 68.2 Å². The molecule has 0 aromatic heterocycles. The van der Waals surface area contributed by atoms with Gasteiger partial charge in [0.25, 0.3) is 5.91 Å². The van der Waals surface area contributed by atoms with Crippen molar-refractivity contribution in [3.63, 3.8) is 0 Å². The number of piperidine rings is 1. The van der Waals surface area contributed by atoms with Crippen LogP contribution in [0.25, 0.3) is 0 Å². The predicted molar refractivity (Wildman–Crippen MR) is 107 cm³/mol. The molecule has 2 aromatic rings. The van der Waals surface area contributed by atoms with Gasteiger partial charge < -0.3 is 15.7 Å². The Hall–Kier alpha value is -2.31. The summed E-state index contributed by atoms with van der Waals surface area (Å²) in [6.07, 6.45) is 1.73. The number of carbonyl (C=O) groups is 2. The van der Waals surface area contributed by atoms with Crippen LogP contribution in [0.1, 0.15) is 23.2 Å². The molecule has 1 aliphatic rings. The Bertz CT molecular complexity index is 759. The van der Waals surface area contributed by atoms with Crippen molar-refractivity contribution < 1.29 is 14.7 Å². The van der Waals surface area contributed by atoms with E-state index in [1.54, 1.807) is 12.1 Å². The molecule has 27 heavy (non-hydrogen) atoms. The van der Waals surface area contributed by atoms with Crippen LogP contribution in [0.3, 0.4) is 0 Å². The maximum absolute atomic E-state index is 12.9. The monoisotopic (exact) mass is 384 g/mol. The number of hydrogen-bond acceptors (Lipinski definition) is 5. The number of amides is 1. The van der Waals surface area contributed by atoms with Crippen molar-refractivity contribution in [2.24, 2.45) is 5.92 Å². The highest BCUT2D eigenvalue weighted by Crippen LogP contribution is 2.22. The Morgan fingerprint density at radius 2 is 1.74 bits per heavy atom. The number of phenols is 1. The molecule has 6 heteroatoms. The standard InChI is InChI=1S/C21H24N2O3S/c24-17-8-6-16(7-9-17)21(26)23-20(15-10-12-22-13-11-15)19(25)14-27-18-4-2-1-3-5-18/h1-9,15,20,22,24H,10-14H2,(H,23,26). The number of benzene rings is 2. The van der Waals surface area contributed by atoms with Crippen LogP contribution in [-0.2, 0) is 4.79 Å². The van der Waals surface area contributed by atoms with E-state index in [0.29, 0.717) is 11.3 Å². The average Bonchev–Trinajstić information content (AvgIpc) is 2.72. The first-order chi connectivity index (χ1) is 13.1. The van der Waals surface area contributed by atoms with Gasteiger partial charge in [-0.1, -0.05) is 18.2 Å². The molecule has 0 spiro atoms. The minimum Gasteiger partial charge on any atom is -0.508 e. The molecule has 0 bridgehead atoms. The largest absolute Gasteiger partial charge is 0.508 e. The van der Waals surface area contributed by atoms with Gasteiger partial charge in [-0.15, -0.1) is 11.8 Å². The van der Waals surface area contributed by atoms with Crippen LogP contribution < -0.4 is 10.6 Å². The maximum atomic E-state index is 12.9. The van der Waals surface area contributed by atoms with Crippen LogP contribution in [-0.4, -0.2) is 41.7 Å². The number of phenolic OH excluding ortho intramolecular Hbond substituents is 1. The summed E-state index contributed by atoms with van der Waals surface area (Å²) in [5.41, 5.74) is 0.440. The van der Waals surface area contributed by atoms with E-state index >= 15 is 0 Å². The second-order valence-corrected chi connectivity index (χ2v) is 7.70. The molecule has 5 nitrogen and oxygen atoms in total. The Balaban J connectivity index is 1.68. The topological polar surface area (TPSA) is 78.4 Å². The smallest absolute Gasteiger partial charge is 0.251 e. The fraction of sp³-hybridized carbons (Fsp3) is 0.333. The van der Waals surface area contributed by atoms with Gasteiger partial charge in [0.2, 0.25) is 0 Å². The molecule has 3 N–H and O–H groups in total. The second-order valence-electron chi connectivity index (χ2n) is 6.65. The Labute approximate surface area is 163 Å². The number of thioether (sulfide) groups is 1. The maximum Gasteiger partial charge on any atom is 0.251 e. The molecule has 1 amide bonds. The number of hydrogen-bond donors (Lipinski definition) is 3. The molecule has 0 aliphatic carbocycles. The highest BCUT2D eigenvalue weighted by atomic mass is 32.2. The zero-order valence-electron chi connectivity index (χ0n) is 15.1. The molecular formula is C21H24N2O3S. The lowest BCUT2D eigenvalue weighted by Gasteiger charge is -2.30. The number of ketones is 1. The third-order valence-corrected chi connectivity index (χ3v) is 5.78. The van der Waals surface area contributed by atoms with Crippen molar-refractivity contribution in [1.82, 2.24) is 10.6 Å². The number of Topliss-reactive ketones (excluding diaryl/α,β-unsaturated/α-hetero) is 1. The minimum absolute atomic E-state index is 0.0443. The van der Waals surface area contributed by atoms with Crippen LogP contribution in [0, 0.1) is 5.92 Å². The number of nitrogens with one attached hydrogen (secondary N) is 2. The molecule has 2 aromatic carbocycles. The molecule has 142 valence electrons. The van der Waals surface area contributed by atoms with Gasteiger partial charge in [0.1, 0.15) is 5.75 Å². The lowest BCUT2D eigenvalue weighted by molar-refractivity contribution is -0.119. The van der Waals surface area contributed by atoms with Crippen molar-refractivity contribution in [2.75, 3.05) is 18.8 Å². The third-order valence-electron chi connectivity index (χ3n) is 4.74. The SMILES string of the molecule is O=C(NC(C(=O)CSc1ccccc1)C1CCNCC1)c1ccc(O)cc1. The molecule has 1 atom stereocenters. The van der Waals surface area contributed by atoms with Crippen molar-refractivity contribution >= 4 is 23.5 Å². The van der Waals surface area contributed by atoms with Crippen LogP contribution >= 0.6 is 11.8 Å². The fourth-order valence-corrected chi connectivity index (χ4v) is 4.08. The summed E-state index contributed by atoms with van der Waals surface area (Å²) < 4.78 is 0. The summed E-state index contributed by atoms with van der Waals surface area (Å²) in [6, 6.07) is 15.4. The van der Waals surface area contributed by atoms with Crippen molar-refractivity contribution in [3.05, 3.63) is 60.2 Å². The second kappa shape index (κ2) is 9.58. The van der Waals surface area contributed by atoms with E-state index in [2.05, 4.69) is 10.6 Å². The van der Waals surface area contributed by atoms with Crippen LogP contribution in [0.4, 0.5) is 0 Å². The van der Waals surface area contributed by atoms with E-state index < -0.39 is 6.04 Å². The molecular weight excluding hydrogens is 360 g/mol. The molecule has 0 saturated carbocycles. The number of aromatic hydroxyl groups is 1. The average molecular weight is 385 g/mol. The number of carbonyl (C=O) groups excluding carboxylic acids is 2. The first kappa shape index (κ1) is 19.5. The highest BCUT2D eigenvalue weighted by Gasteiger charge is 2.30. The third kappa shape index (κ3) is 5.58. The molecule has 1 fully saturated rings. The van der Waals surface area contributed by atoms with Gasteiger partial charge in [0, 0.05) is 10.5 Å². The lowest BCUT2D eigenvalue weighted by Crippen LogP contribution is -2.49. The van der Waals surface area contributed by atoms with Gasteiger partial charge >= 0.3 is 0 Å². The van der Waals surface area contributed by atoms with E-state index in [9.17, 15) is 14.7 Å². The molecule has 1 saturated heterocycles. The quantitative estimate of drug-likeness (QED) is 0.640. The van der Waals surface area contributed by atoms with Crippen LogP contribution in [0.15, 0.2) is 59.5 Å². The zero-order valence-corrected chi connectivity index (χ0v) is 15.9. The Morgan fingerprint density at radius 1 is 1.07 bits per heavy atom. The van der Waals surface area contributed by atoms with Crippen molar-refractivity contribution in [3.8, 4) is 5.75 Å². The van der Waals surface area contributed by atoms with Gasteiger partial charge in [-0.25, -0.2) is 0 Å². The highest BCUT2D eigenvalue weighted by molar-refractivity contribution is 8.00. The van der Waals surface area contributed by atoms with Crippen LogP contribution in [0.2, 0.25) is 0 Å².